The quantitative estimate of drug-likeness (QED) is 0.420. The highest BCUT2D eigenvalue weighted by atomic mass is 22.1. The number of carboxylic acid groups (broad SMARTS) is 1. The Morgan fingerprint density at radius 3 is 1.80 bits per heavy atom. The molecule has 0 aliphatic heterocycles. The molecule has 0 rings (SSSR count). The van der Waals surface area contributed by atoms with E-state index in [9.17, 15) is 0 Å². The minimum Gasteiger partial charge on any atom is -0.481 e. The first kappa shape index (κ1) is 8.83. The van der Waals surface area contributed by atoms with Crippen molar-refractivity contribution in [2.75, 3.05) is 0 Å². The van der Waals surface area contributed by atoms with E-state index >= 15 is 0 Å². The van der Waals surface area contributed by atoms with Crippen LogP contribution in [-0.4, -0.2) is 16.6 Å². The number of aliphatic carboxylic acids is 1. The number of carbonyl (C=O) groups is 1. The van der Waals surface area contributed by atoms with Crippen LogP contribution in [0.4, 0.5) is 0 Å². The fraction of sp³-hybridized carbons (Fsp3) is 0.500. The summed E-state index contributed by atoms with van der Waals surface area (Å²) in [5, 5.41) is 7.42. The molecule has 0 aromatic heterocycles. The maximum atomic E-state index is 9.00. The molecule has 0 spiro atoms. The summed E-state index contributed by atoms with van der Waals surface area (Å²) in [4.78, 5) is 9.00. The second-order valence-corrected chi connectivity index (χ2v) is 0.519. The Morgan fingerprint density at radius 1 is 1.80 bits per heavy atom. The highest BCUT2D eigenvalue weighted by Gasteiger charge is 1.65. The minimum atomic E-state index is -0.833. The van der Waals surface area contributed by atoms with E-state index in [1.807, 2.05) is 0 Å². The van der Waals surface area contributed by atoms with Gasteiger partial charge in [-0.15, -0.1) is 0 Å². The maximum Gasteiger partial charge on any atom is 0.300 e. The summed E-state index contributed by atoms with van der Waals surface area (Å²) in [6.07, 6.45) is 0. The summed E-state index contributed by atoms with van der Waals surface area (Å²) in [7, 11) is 0. The van der Waals surface area contributed by atoms with Crippen LogP contribution in [-0.2, 0) is 4.79 Å². The topological polar surface area (TPSA) is 68.8 Å². The first-order valence-corrected chi connectivity index (χ1v) is 0.928. The van der Waals surface area contributed by atoms with Gasteiger partial charge in [0.15, 0.2) is 0 Å². The predicted molar refractivity (Wildman–Crippen MR) is 16.9 cm³/mol. The second kappa shape index (κ2) is 3.43. The molecule has 0 saturated carbocycles. The number of carboxylic acids is 1. The van der Waals surface area contributed by atoms with Crippen molar-refractivity contribution in [3.63, 3.8) is 0 Å². The summed E-state index contributed by atoms with van der Waals surface area (Å²) in [5.74, 6) is -0.833. The smallest absolute Gasteiger partial charge is 0.300 e. The zero-order chi connectivity index (χ0) is 3.58. The van der Waals surface area contributed by atoms with Gasteiger partial charge < -0.3 is 10.6 Å². The normalized spacial score (nSPS) is 5.00. The second-order valence-electron chi connectivity index (χ2n) is 0.519. The van der Waals surface area contributed by atoms with Crippen molar-refractivity contribution in [3.05, 3.63) is 0 Å². The van der Waals surface area contributed by atoms with Gasteiger partial charge in [0.2, 0.25) is 0 Å². The molecule has 0 atom stereocenters. The van der Waals surface area contributed by atoms with Crippen molar-refractivity contribution in [2.45, 2.75) is 6.92 Å². The van der Waals surface area contributed by atoms with Crippen LogP contribution in [0.25, 0.3) is 0 Å². The summed E-state index contributed by atoms with van der Waals surface area (Å²) in [6.45, 7) is 1.08. The van der Waals surface area contributed by atoms with Crippen molar-refractivity contribution in [2.24, 2.45) is 0 Å². The van der Waals surface area contributed by atoms with Crippen molar-refractivity contribution < 1.29 is 15.4 Å². The third-order valence-electron chi connectivity index (χ3n) is 0. The van der Waals surface area contributed by atoms with Crippen LogP contribution in [0.5, 0.6) is 0 Å². The molecular weight excluding hydrogens is 78.0 g/mol. The molecule has 0 radical (unpaired) electrons. The number of hydrogen-bond donors (Lipinski definition) is 1. The lowest BCUT2D eigenvalue weighted by Gasteiger charge is -1.59. The SMILES string of the molecule is CC(=O)[22OH].O. The highest BCUT2D eigenvalue weighted by molar-refractivity contribution is 5.62. The van der Waals surface area contributed by atoms with E-state index in [1.54, 1.807) is 0 Å². The van der Waals surface area contributed by atoms with Crippen LogP contribution in [0.15, 0.2) is 0 Å². The van der Waals surface area contributed by atoms with E-state index in [0.29, 0.717) is 0 Å². The van der Waals surface area contributed by atoms with Gasteiger partial charge in [0.1, 0.15) is 0 Å². The number of rotatable bonds is 0. The van der Waals surface area contributed by atoms with Crippen LogP contribution in [0.3, 0.4) is 0 Å². The van der Waals surface area contributed by atoms with Crippen molar-refractivity contribution in [1.82, 2.24) is 0 Å². The summed E-state index contributed by atoms with van der Waals surface area (Å²) in [5.41, 5.74) is 0. The first-order chi connectivity index (χ1) is 1.73. The lowest BCUT2D eigenvalue weighted by Crippen LogP contribution is -1.78. The third-order valence-corrected chi connectivity index (χ3v) is 0. The average molecular weight is 84.1 g/mol. The van der Waals surface area contributed by atoms with Gasteiger partial charge in [0.25, 0.3) is 5.97 Å². The molecule has 3 heteroatoms. The molecule has 32 valence electrons. The molecule has 0 unspecified atom stereocenters. The van der Waals surface area contributed by atoms with Gasteiger partial charge in [0.05, 0.1) is 0 Å². The number of hydrogen-bond acceptors (Lipinski definition) is 1. The first-order valence-electron chi connectivity index (χ1n) is 0.928. The van der Waals surface area contributed by atoms with Crippen LogP contribution in [0.2, 0.25) is 0 Å². The maximum absolute atomic E-state index is 9.00. The third kappa shape index (κ3) is 21.6. The summed E-state index contributed by atoms with van der Waals surface area (Å²) in [6, 6.07) is 0. The van der Waals surface area contributed by atoms with Gasteiger partial charge in [0, 0.05) is 6.92 Å². The van der Waals surface area contributed by atoms with Crippen molar-refractivity contribution >= 4 is 5.97 Å². The minimum absolute atomic E-state index is 0. The Labute approximate surface area is 29.5 Å². The monoisotopic (exact) mass is 84.0 g/mol. The van der Waals surface area contributed by atoms with Crippen LogP contribution in [0.1, 0.15) is 6.92 Å². The molecule has 0 aromatic rings. The van der Waals surface area contributed by atoms with Gasteiger partial charge in [-0.25, -0.2) is 0 Å². The Morgan fingerprint density at radius 2 is 1.80 bits per heavy atom. The van der Waals surface area contributed by atoms with Gasteiger partial charge in [-0.2, -0.15) is 0 Å². The predicted octanol–water partition coefficient (Wildman–Crippen LogP) is -0.734. The molecule has 3 nitrogen and oxygen atoms in total. The lowest BCUT2D eigenvalue weighted by molar-refractivity contribution is -0.134. The standard InChI is InChI=1S/C2H4O2.H2O/c1-2(3)4;/h1H3,(H,3,4);1H2/i3+6;. The molecule has 0 bridgehead atoms. The molecule has 3 N–H and O–H groups in total. The van der Waals surface area contributed by atoms with Crippen LogP contribution < -0.4 is 0 Å². The molecule has 0 aromatic carbocycles. The van der Waals surface area contributed by atoms with E-state index in [4.69, 9.17) is 9.90 Å². The molecular formula is C2H6O3. The Bertz CT molecular complexity index is 27.9. The van der Waals surface area contributed by atoms with Crippen LogP contribution in [0, 0.1) is 0 Å². The zero-order valence-corrected chi connectivity index (χ0v) is 2.86. The molecule has 0 saturated heterocycles. The van der Waals surface area contributed by atoms with E-state index in [0.717, 1.165) is 6.92 Å². The molecule has 0 aliphatic carbocycles. The molecule has 5 heavy (non-hydrogen) atoms. The Kier molecular flexibility index (Phi) is 6.05. The molecule has 0 heterocycles. The van der Waals surface area contributed by atoms with Crippen LogP contribution >= 0.6 is 0 Å². The summed E-state index contributed by atoms with van der Waals surface area (Å²) >= 11 is 0. The summed E-state index contributed by atoms with van der Waals surface area (Å²) < 4.78 is 0. The molecule has 0 aliphatic rings. The zero-order valence-electron chi connectivity index (χ0n) is 2.86. The van der Waals surface area contributed by atoms with Gasteiger partial charge in [-0.05, 0) is 0 Å². The van der Waals surface area contributed by atoms with E-state index in [1.165, 1.54) is 0 Å². The molecule has 0 amide bonds. The molecule has 0 fully saturated rings. The average Bonchev–Trinajstić information content (AvgIpc) is 0.811. The fourth-order valence-corrected chi connectivity index (χ4v) is 0. The van der Waals surface area contributed by atoms with E-state index in [2.05, 4.69) is 0 Å². The van der Waals surface area contributed by atoms with Gasteiger partial charge in [-0.1, -0.05) is 0 Å². The van der Waals surface area contributed by atoms with Gasteiger partial charge in [-0.3, -0.25) is 4.79 Å². The van der Waals surface area contributed by atoms with Crippen molar-refractivity contribution in [3.8, 4) is 0 Å². The van der Waals surface area contributed by atoms with E-state index < -0.39 is 5.97 Å². The van der Waals surface area contributed by atoms with Gasteiger partial charge >= 0.3 is 0 Å². The largest absolute Gasteiger partial charge is 0.481 e. The van der Waals surface area contributed by atoms with E-state index in [-0.39, 0.29) is 5.48 Å². The van der Waals surface area contributed by atoms with Crippen molar-refractivity contribution in [1.29, 1.82) is 0 Å². The Balaban J connectivity index is 0. The lowest BCUT2D eigenvalue weighted by atomic mass is 10.9. The Hall–Kier alpha value is -0.570. The highest BCUT2D eigenvalue weighted by Crippen LogP contribution is 1.42. The fourth-order valence-electron chi connectivity index (χ4n) is 0.